The zero-order valence-electron chi connectivity index (χ0n) is 60.7. The van der Waals surface area contributed by atoms with Crippen molar-refractivity contribution in [3.05, 3.63) is 413 Å². The number of hydrogen-bond acceptors (Lipinski definition) is 8. The average Bonchev–Trinajstić information content (AvgIpc) is 1.59. The summed E-state index contributed by atoms with van der Waals surface area (Å²) in [5.74, 6) is 1.37. The van der Waals surface area contributed by atoms with Crippen molar-refractivity contribution in [2.24, 2.45) is 0 Å². The van der Waals surface area contributed by atoms with Gasteiger partial charge >= 0.3 is 0 Å². The molecule has 0 saturated heterocycles. The summed E-state index contributed by atoms with van der Waals surface area (Å²) >= 11 is 0. The molecule has 0 fully saturated rings. The van der Waals surface area contributed by atoms with Gasteiger partial charge in [0.2, 0.25) is 5.95 Å². The summed E-state index contributed by atoms with van der Waals surface area (Å²) in [5.41, 5.74) is 25.9. The van der Waals surface area contributed by atoms with E-state index < -0.39 is 0 Å². The van der Waals surface area contributed by atoms with Crippen LogP contribution in [0.15, 0.2) is 413 Å². The molecule has 0 amide bonds. The first-order chi connectivity index (χ1) is 55.5. The number of anilines is 6. The lowest BCUT2D eigenvalue weighted by atomic mass is 10.00. The van der Waals surface area contributed by atoms with Crippen LogP contribution in [0.3, 0.4) is 0 Å². The Labute approximate surface area is 648 Å². The minimum Gasteiger partial charge on any atom is -0.310 e. The third-order valence-corrected chi connectivity index (χ3v) is 20.9. The van der Waals surface area contributed by atoms with Gasteiger partial charge in [-0.1, -0.05) is 273 Å². The van der Waals surface area contributed by atoms with Crippen LogP contribution in [0, 0.1) is 0 Å². The first kappa shape index (κ1) is 66.2. The molecule has 15 aromatic carbocycles. The molecule has 112 heavy (non-hydrogen) atoms. The molecule has 0 saturated carbocycles. The number of fused-ring (bicyclic) bond motifs is 6. The second-order valence-electron chi connectivity index (χ2n) is 27.9. The maximum Gasteiger partial charge on any atom is 0.235 e. The molecule has 0 unspecified atom stereocenters. The van der Waals surface area contributed by atoms with E-state index in [1.165, 1.54) is 16.3 Å². The number of rotatable bonds is 17. The molecule has 0 radical (unpaired) electrons. The Morgan fingerprint density at radius 2 is 0.473 bits per heavy atom. The Morgan fingerprint density at radius 1 is 0.170 bits per heavy atom. The molecule has 5 aromatic heterocycles. The van der Waals surface area contributed by atoms with E-state index in [0.29, 0.717) is 29.0 Å². The van der Waals surface area contributed by atoms with Crippen molar-refractivity contribution in [3.8, 4) is 113 Å². The van der Waals surface area contributed by atoms with Gasteiger partial charge in [-0.15, -0.1) is 0 Å². The van der Waals surface area contributed by atoms with Crippen molar-refractivity contribution in [3.63, 3.8) is 0 Å². The summed E-state index contributed by atoms with van der Waals surface area (Å²) in [6.07, 6.45) is 0. The molecule has 0 N–H and O–H groups in total. The van der Waals surface area contributed by atoms with Gasteiger partial charge in [-0.2, -0.15) is 0 Å². The minimum atomic E-state index is 0.390. The van der Waals surface area contributed by atoms with E-state index >= 15 is 0 Å². The van der Waals surface area contributed by atoms with Crippen molar-refractivity contribution in [1.29, 1.82) is 0 Å². The van der Waals surface area contributed by atoms with Crippen LogP contribution in [0.25, 0.3) is 157 Å². The number of para-hydroxylation sites is 6. The van der Waals surface area contributed by atoms with Crippen LogP contribution in [-0.4, -0.2) is 39.0 Å². The van der Waals surface area contributed by atoms with Crippen molar-refractivity contribution in [2.75, 3.05) is 9.80 Å². The van der Waals surface area contributed by atoms with Gasteiger partial charge in [0.05, 0.1) is 56.2 Å². The highest BCUT2D eigenvalue weighted by molar-refractivity contribution is 6.12. The van der Waals surface area contributed by atoms with E-state index in [-0.39, 0.29) is 0 Å². The predicted molar refractivity (Wildman–Crippen MR) is 460 cm³/mol. The van der Waals surface area contributed by atoms with Gasteiger partial charge < -0.3 is 14.4 Å². The van der Waals surface area contributed by atoms with Crippen LogP contribution in [0.5, 0.6) is 0 Å². The zero-order valence-corrected chi connectivity index (χ0v) is 60.7. The fraction of sp³-hybridized carbons (Fsp3) is 0. The highest BCUT2D eigenvalue weighted by atomic mass is 15.2. The molecule has 0 aliphatic rings. The number of aromatic nitrogens is 8. The molecule has 10 heteroatoms. The Bertz CT molecular complexity index is 6780. The third kappa shape index (κ3) is 12.6. The van der Waals surface area contributed by atoms with Gasteiger partial charge in [-0.3, -0.25) is 4.57 Å². The van der Waals surface area contributed by atoms with Crippen LogP contribution < -0.4 is 9.80 Å². The van der Waals surface area contributed by atoms with Crippen molar-refractivity contribution < 1.29 is 0 Å². The molecule has 526 valence electrons. The first-order valence-corrected chi connectivity index (χ1v) is 37.6. The van der Waals surface area contributed by atoms with Gasteiger partial charge in [0, 0.05) is 94.7 Å². The lowest BCUT2D eigenvalue weighted by molar-refractivity contribution is 0.996. The maximum atomic E-state index is 5.61. The SMILES string of the molecule is c1ccc(-c2cc(-c3ccccc3)nc(-c3nc(-c4cccc(N(c5ccccc5)c5ccccc5)c4)cc(-c4cccc(N(c5ccccc5)c5cccc(-c6cccc(-c7cc(-c8ccccc8)nc(-n8c9ccccc9c9ccc(-c%10ccc%11c(c%10)c%10ccccc%10n%11-c%10ccccc%10)cc98)n7)c6)c5)c4)n3)n2)cc1. The van der Waals surface area contributed by atoms with Crippen LogP contribution in [0.4, 0.5) is 34.1 Å². The molecule has 20 rings (SSSR count). The standard InChI is InChI=1S/C102H68N10/c1-8-30-69(31-9-1)90-66-91(70-32-10-2-11-33-70)104-100(103-90)101-105-93(77-39-28-50-84(62-77)109(79-41-14-4-15-42-79)80-43-16-5-17-44-80)68-94(106-101)78-40-29-51-85(63-78)110(81-45-18-6-19-46-81)83-49-27-37-73(61-83)72-36-26-38-76(60-72)95-67-92(71-34-12-3-13-35-71)107-102(108-95)112-97-55-25-22-52-86(97)88-58-56-75(65-99(88)112)74-57-59-98-89(64-74)87-53-23-24-54-96(87)111(98)82-47-20-7-21-48-82/h1-68H. The van der Waals surface area contributed by atoms with E-state index in [1.807, 2.05) is 60.7 Å². The topological polar surface area (TPSA) is 93.7 Å². The molecular formula is C102H68N10. The van der Waals surface area contributed by atoms with E-state index in [0.717, 1.165) is 146 Å². The lowest BCUT2D eigenvalue weighted by Gasteiger charge is -2.26. The van der Waals surface area contributed by atoms with E-state index in [4.69, 9.17) is 29.9 Å². The van der Waals surface area contributed by atoms with Crippen LogP contribution >= 0.6 is 0 Å². The van der Waals surface area contributed by atoms with Gasteiger partial charge in [-0.25, -0.2) is 29.9 Å². The largest absolute Gasteiger partial charge is 0.310 e. The molecule has 5 heterocycles. The molecule has 0 aliphatic carbocycles. The maximum absolute atomic E-state index is 5.61. The molecule has 0 atom stereocenters. The first-order valence-electron chi connectivity index (χ1n) is 37.6. The Morgan fingerprint density at radius 3 is 0.973 bits per heavy atom. The van der Waals surface area contributed by atoms with Gasteiger partial charge in [0.25, 0.3) is 0 Å². The minimum absolute atomic E-state index is 0.390. The van der Waals surface area contributed by atoms with Crippen molar-refractivity contribution >= 4 is 77.7 Å². The Hall–Kier alpha value is -15.3. The lowest BCUT2D eigenvalue weighted by Crippen LogP contribution is -2.10. The molecule has 0 bridgehead atoms. The summed E-state index contributed by atoms with van der Waals surface area (Å²) < 4.78 is 4.61. The zero-order chi connectivity index (χ0) is 74.3. The van der Waals surface area contributed by atoms with Crippen molar-refractivity contribution in [1.82, 2.24) is 39.0 Å². The Balaban J connectivity index is 0.691. The fourth-order valence-electron chi connectivity index (χ4n) is 15.6. The van der Waals surface area contributed by atoms with Crippen LogP contribution in [-0.2, 0) is 0 Å². The molecular weight excluding hydrogens is 1370 g/mol. The molecule has 0 aliphatic heterocycles. The summed E-state index contributed by atoms with van der Waals surface area (Å²) in [4.78, 5) is 37.2. The van der Waals surface area contributed by atoms with Crippen molar-refractivity contribution in [2.45, 2.75) is 0 Å². The number of nitrogens with zero attached hydrogens (tertiary/aromatic N) is 10. The molecule has 20 aromatic rings. The van der Waals surface area contributed by atoms with E-state index in [2.05, 4.69) is 371 Å². The highest BCUT2D eigenvalue weighted by Gasteiger charge is 2.24. The quantitative estimate of drug-likeness (QED) is 0.0890. The van der Waals surface area contributed by atoms with Gasteiger partial charge in [0.15, 0.2) is 11.6 Å². The van der Waals surface area contributed by atoms with Crippen LogP contribution in [0.2, 0.25) is 0 Å². The summed E-state index contributed by atoms with van der Waals surface area (Å²) in [7, 11) is 0. The summed E-state index contributed by atoms with van der Waals surface area (Å²) in [5, 5.41) is 4.65. The fourth-order valence-corrected chi connectivity index (χ4v) is 15.6. The summed E-state index contributed by atoms with van der Waals surface area (Å²) in [6, 6.07) is 145. The monoisotopic (exact) mass is 1430 g/mol. The number of hydrogen-bond donors (Lipinski definition) is 0. The van der Waals surface area contributed by atoms with Crippen LogP contribution in [0.1, 0.15) is 0 Å². The van der Waals surface area contributed by atoms with E-state index in [1.54, 1.807) is 0 Å². The Kier molecular flexibility index (Phi) is 17.0. The second kappa shape index (κ2) is 28.8. The molecule has 0 spiro atoms. The molecule has 10 nitrogen and oxygen atoms in total. The predicted octanol–water partition coefficient (Wildman–Crippen LogP) is 26.2. The van der Waals surface area contributed by atoms with E-state index in [9.17, 15) is 0 Å². The second-order valence-corrected chi connectivity index (χ2v) is 27.9. The third-order valence-electron chi connectivity index (χ3n) is 20.9. The highest BCUT2D eigenvalue weighted by Crippen LogP contribution is 2.44. The normalized spacial score (nSPS) is 11.4. The van der Waals surface area contributed by atoms with Gasteiger partial charge in [0.1, 0.15) is 0 Å². The summed E-state index contributed by atoms with van der Waals surface area (Å²) in [6.45, 7) is 0. The number of benzene rings is 15. The van der Waals surface area contributed by atoms with Gasteiger partial charge in [-0.05, 0) is 162 Å². The smallest absolute Gasteiger partial charge is 0.235 e. The average molecular weight is 1430 g/mol.